The Balaban J connectivity index is 0.000000770. The van der Waals surface area contributed by atoms with Crippen LogP contribution in [0.15, 0.2) is 24.3 Å². The van der Waals surface area contributed by atoms with Gasteiger partial charge in [0, 0.05) is 5.69 Å². The zero-order chi connectivity index (χ0) is 13.5. The van der Waals surface area contributed by atoms with E-state index in [9.17, 15) is 0 Å². The van der Waals surface area contributed by atoms with Gasteiger partial charge in [-0.25, -0.2) is 0 Å². The van der Waals surface area contributed by atoms with Crippen LogP contribution in [0.3, 0.4) is 0 Å². The molecule has 0 heterocycles. The molecule has 2 nitrogen and oxygen atoms in total. The quantitative estimate of drug-likeness (QED) is 0.740. The Morgan fingerprint density at radius 2 is 1.59 bits per heavy atom. The maximum absolute atomic E-state index is 5.37. The first-order valence-corrected chi connectivity index (χ1v) is 6.39. The molecule has 17 heavy (non-hydrogen) atoms. The normalized spacial score (nSPS) is 10.2. The van der Waals surface area contributed by atoms with Gasteiger partial charge in [-0.05, 0) is 35.3 Å². The Labute approximate surface area is 111 Å². The fraction of sp³-hybridized carbons (Fsp3) is 0.500. The Hall–Kier alpha value is -1.09. The second kappa shape index (κ2) is 7.28. The van der Waals surface area contributed by atoms with Gasteiger partial charge in [0.05, 0.1) is 0 Å². The minimum Gasteiger partial charge on any atom is -0.376 e. The van der Waals surface area contributed by atoms with E-state index in [-0.39, 0.29) is 5.41 Å². The van der Waals surface area contributed by atoms with Gasteiger partial charge in [0.15, 0.2) is 5.11 Å². The van der Waals surface area contributed by atoms with Crippen LogP contribution in [-0.4, -0.2) is 5.11 Å². The van der Waals surface area contributed by atoms with Crippen LogP contribution in [0.2, 0.25) is 0 Å². The molecule has 0 saturated heterocycles. The summed E-state index contributed by atoms with van der Waals surface area (Å²) >= 11 is 4.75. The Morgan fingerprint density at radius 3 is 1.88 bits per heavy atom. The van der Waals surface area contributed by atoms with Crippen LogP contribution < -0.4 is 11.1 Å². The third kappa shape index (κ3) is 6.95. The maximum Gasteiger partial charge on any atom is 0.168 e. The maximum atomic E-state index is 5.37. The molecule has 0 aromatic heterocycles. The second-order valence-electron chi connectivity index (χ2n) is 5.02. The van der Waals surface area contributed by atoms with Crippen LogP contribution >= 0.6 is 12.2 Å². The van der Waals surface area contributed by atoms with E-state index in [1.165, 1.54) is 12.0 Å². The van der Waals surface area contributed by atoms with Crippen molar-refractivity contribution in [1.29, 1.82) is 0 Å². The summed E-state index contributed by atoms with van der Waals surface area (Å²) in [5.41, 5.74) is 7.78. The summed E-state index contributed by atoms with van der Waals surface area (Å²) in [4.78, 5) is 0. The number of hydrogen-bond donors (Lipinski definition) is 2. The molecule has 1 rings (SSSR count). The molecule has 0 aliphatic rings. The lowest BCUT2D eigenvalue weighted by molar-refractivity contribution is 0.590. The lowest BCUT2D eigenvalue weighted by Crippen LogP contribution is -2.19. The standard InChI is InChI=1S/C11H16N2S.C3H8/c1-11(2,3)8-4-6-9(7-5-8)13-10(12)14;1-3-2/h4-7H,1-3H3,(H3,12,13,14);3H2,1-2H3. The predicted octanol–water partition coefficient (Wildman–Crippen LogP) is 4.06. The van der Waals surface area contributed by atoms with E-state index in [0.29, 0.717) is 5.11 Å². The smallest absolute Gasteiger partial charge is 0.168 e. The zero-order valence-electron chi connectivity index (χ0n) is 11.5. The highest BCUT2D eigenvalue weighted by Gasteiger charge is 2.12. The molecule has 0 bridgehead atoms. The lowest BCUT2D eigenvalue weighted by Gasteiger charge is -2.19. The number of rotatable bonds is 1. The van der Waals surface area contributed by atoms with Crippen LogP contribution in [0.1, 0.15) is 46.6 Å². The highest BCUT2D eigenvalue weighted by atomic mass is 32.1. The molecule has 0 amide bonds. The van der Waals surface area contributed by atoms with Crippen molar-refractivity contribution in [1.82, 2.24) is 0 Å². The Morgan fingerprint density at radius 1 is 1.18 bits per heavy atom. The summed E-state index contributed by atoms with van der Waals surface area (Å²) in [5, 5.41) is 3.19. The van der Waals surface area contributed by atoms with Crippen molar-refractivity contribution in [2.24, 2.45) is 5.73 Å². The first-order chi connectivity index (χ1) is 7.81. The molecule has 1 aromatic rings. The average molecular weight is 252 g/mol. The number of benzene rings is 1. The molecule has 0 aliphatic carbocycles. The van der Waals surface area contributed by atoms with Gasteiger partial charge in [0.25, 0.3) is 0 Å². The minimum atomic E-state index is 0.182. The molecule has 1 aromatic carbocycles. The topological polar surface area (TPSA) is 38.0 Å². The molecule has 0 aliphatic heterocycles. The summed E-state index contributed by atoms with van der Waals surface area (Å²) in [7, 11) is 0. The fourth-order valence-electron chi connectivity index (χ4n) is 1.20. The molecular formula is C14H24N2S. The summed E-state index contributed by atoms with van der Waals surface area (Å²) in [6, 6.07) is 8.14. The van der Waals surface area contributed by atoms with Crippen molar-refractivity contribution >= 4 is 23.0 Å². The summed E-state index contributed by atoms with van der Waals surface area (Å²) in [5.74, 6) is 0. The highest BCUT2D eigenvalue weighted by molar-refractivity contribution is 7.80. The molecule has 0 fully saturated rings. The van der Waals surface area contributed by atoms with E-state index in [1.54, 1.807) is 0 Å². The van der Waals surface area contributed by atoms with Gasteiger partial charge in [-0.2, -0.15) is 0 Å². The summed E-state index contributed by atoms with van der Waals surface area (Å²) in [6.07, 6.45) is 1.25. The number of thiocarbonyl (C=S) groups is 1. The number of nitrogens with two attached hydrogens (primary N) is 1. The van der Waals surface area contributed by atoms with Crippen LogP contribution in [0, 0.1) is 0 Å². The number of hydrogen-bond acceptors (Lipinski definition) is 1. The molecule has 0 atom stereocenters. The van der Waals surface area contributed by atoms with Gasteiger partial charge in [0.1, 0.15) is 0 Å². The lowest BCUT2D eigenvalue weighted by atomic mass is 9.87. The van der Waals surface area contributed by atoms with Crippen molar-refractivity contribution in [2.45, 2.75) is 46.5 Å². The largest absolute Gasteiger partial charge is 0.376 e. The van der Waals surface area contributed by atoms with Crippen LogP contribution in [-0.2, 0) is 5.41 Å². The third-order valence-corrected chi connectivity index (χ3v) is 2.12. The predicted molar refractivity (Wildman–Crippen MR) is 81.5 cm³/mol. The van der Waals surface area contributed by atoms with Crippen molar-refractivity contribution in [3.05, 3.63) is 29.8 Å². The third-order valence-electron chi connectivity index (χ3n) is 2.02. The van der Waals surface area contributed by atoms with Gasteiger partial charge < -0.3 is 11.1 Å². The van der Waals surface area contributed by atoms with E-state index < -0.39 is 0 Å². The van der Waals surface area contributed by atoms with Crippen molar-refractivity contribution in [3.63, 3.8) is 0 Å². The van der Waals surface area contributed by atoms with Crippen LogP contribution in [0.4, 0.5) is 5.69 Å². The monoisotopic (exact) mass is 252 g/mol. The molecule has 96 valence electrons. The van der Waals surface area contributed by atoms with Gasteiger partial charge in [0.2, 0.25) is 0 Å². The fourth-order valence-corrected chi connectivity index (χ4v) is 1.31. The Kier molecular flexibility index (Phi) is 6.81. The highest BCUT2D eigenvalue weighted by Crippen LogP contribution is 2.23. The van der Waals surface area contributed by atoms with Crippen molar-refractivity contribution in [3.8, 4) is 0 Å². The summed E-state index contributed by atoms with van der Waals surface area (Å²) in [6.45, 7) is 10.8. The molecule has 3 N–H and O–H groups in total. The molecule has 3 heteroatoms. The van der Waals surface area contributed by atoms with Gasteiger partial charge in [-0.3, -0.25) is 0 Å². The van der Waals surface area contributed by atoms with E-state index in [4.69, 9.17) is 18.0 Å². The first kappa shape index (κ1) is 15.9. The van der Waals surface area contributed by atoms with Gasteiger partial charge in [-0.1, -0.05) is 53.2 Å². The van der Waals surface area contributed by atoms with E-state index in [0.717, 1.165) is 5.69 Å². The van der Waals surface area contributed by atoms with E-state index >= 15 is 0 Å². The summed E-state index contributed by atoms with van der Waals surface area (Å²) < 4.78 is 0. The van der Waals surface area contributed by atoms with Gasteiger partial charge in [-0.15, -0.1) is 0 Å². The van der Waals surface area contributed by atoms with Crippen molar-refractivity contribution < 1.29 is 0 Å². The number of nitrogens with one attached hydrogen (secondary N) is 1. The van der Waals surface area contributed by atoms with Crippen LogP contribution in [0.25, 0.3) is 0 Å². The van der Waals surface area contributed by atoms with Gasteiger partial charge >= 0.3 is 0 Å². The minimum absolute atomic E-state index is 0.182. The first-order valence-electron chi connectivity index (χ1n) is 5.98. The van der Waals surface area contributed by atoms with Crippen LogP contribution in [0.5, 0.6) is 0 Å². The molecule has 0 unspecified atom stereocenters. The molecular weight excluding hydrogens is 228 g/mol. The molecule has 0 radical (unpaired) electrons. The SMILES string of the molecule is CC(C)(C)c1ccc(NC(N)=S)cc1.CCC. The zero-order valence-corrected chi connectivity index (χ0v) is 12.3. The molecule has 0 spiro atoms. The molecule has 0 saturated carbocycles. The average Bonchev–Trinajstić information content (AvgIpc) is 2.17. The van der Waals surface area contributed by atoms with E-state index in [1.807, 2.05) is 12.1 Å². The van der Waals surface area contributed by atoms with Crippen molar-refractivity contribution in [2.75, 3.05) is 5.32 Å². The number of anilines is 1. The van der Waals surface area contributed by atoms with E-state index in [2.05, 4.69) is 52.1 Å². The Bertz CT molecular complexity index is 336. The second-order valence-corrected chi connectivity index (χ2v) is 5.46.